The molecule has 4 nitrogen and oxygen atoms in total. The van der Waals surface area contributed by atoms with E-state index in [0.29, 0.717) is 16.2 Å². The van der Waals surface area contributed by atoms with E-state index in [1.807, 2.05) is 0 Å². The SMILES string of the molecule is Nc1snc2nccnc12. The van der Waals surface area contributed by atoms with Gasteiger partial charge in [0.1, 0.15) is 10.5 Å². The van der Waals surface area contributed by atoms with Crippen molar-refractivity contribution in [2.75, 3.05) is 5.73 Å². The van der Waals surface area contributed by atoms with E-state index in [2.05, 4.69) is 14.3 Å². The molecular weight excluding hydrogens is 148 g/mol. The largest absolute Gasteiger partial charge is 0.387 e. The minimum absolute atomic E-state index is 0.628. The topological polar surface area (TPSA) is 64.7 Å². The Labute approximate surface area is 60.9 Å². The zero-order chi connectivity index (χ0) is 6.97. The van der Waals surface area contributed by atoms with Crippen molar-refractivity contribution in [3.63, 3.8) is 0 Å². The molecule has 0 bridgehead atoms. The van der Waals surface area contributed by atoms with Gasteiger partial charge in [0, 0.05) is 12.4 Å². The first kappa shape index (κ1) is 5.55. The molecule has 0 saturated heterocycles. The van der Waals surface area contributed by atoms with Gasteiger partial charge in [0.25, 0.3) is 0 Å². The van der Waals surface area contributed by atoms with Gasteiger partial charge in [0.05, 0.1) is 0 Å². The Morgan fingerprint density at radius 2 is 2.10 bits per heavy atom. The molecule has 0 aliphatic carbocycles. The molecule has 10 heavy (non-hydrogen) atoms. The lowest BCUT2D eigenvalue weighted by Gasteiger charge is -1.83. The summed E-state index contributed by atoms with van der Waals surface area (Å²) in [7, 11) is 0. The molecule has 0 radical (unpaired) electrons. The highest BCUT2D eigenvalue weighted by molar-refractivity contribution is 7.11. The maximum absolute atomic E-state index is 5.53. The van der Waals surface area contributed by atoms with Gasteiger partial charge in [-0.15, -0.1) is 0 Å². The number of anilines is 1. The Morgan fingerprint density at radius 3 is 2.90 bits per heavy atom. The van der Waals surface area contributed by atoms with Crippen LogP contribution in [0, 0.1) is 0 Å². The van der Waals surface area contributed by atoms with Gasteiger partial charge < -0.3 is 5.73 Å². The molecular formula is C5H4N4S. The zero-order valence-corrected chi connectivity index (χ0v) is 5.80. The molecule has 0 unspecified atom stereocenters. The van der Waals surface area contributed by atoms with Crippen LogP contribution in [0.1, 0.15) is 0 Å². The van der Waals surface area contributed by atoms with E-state index in [1.165, 1.54) is 11.5 Å². The van der Waals surface area contributed by atoms with Crippen molar-refractivity contribution in [2.45, 2.75) is 0 Å². The van der Waals surface area contributed by atoms with Crippen molar-refractivity contribution in [3.05, 3.63) is 12.4 Å². The zero-order valence-electron chi connectivity index (χ0n) is 4.98. The van der Waals surface area contributed by atoms with Crippen LogP contribution in [0.15, 0.2) is 12.4 Å². The average Bonchev–Trinajstić information content (AvgIpc) is 2.34. The third-order valence-corrected chi connectivity index (χ3v) is 1.80. The first-order valence-electron chi connectivity index (χ1n) is 2.70. The van der Waals surface area contributed by atoms with Gasteiger partial charge in [-0.2, -0.15) is 4.37 Å². The predicted octanol–water partition coefficient (Wildman–Crippen LogP) is 0.668. The van der Waals surface area contributed by atoms with E-state index in [4.69, 9.17) is 5.73 Å². The van der Waals surface area contributed by atoms with Crippen molar-refractivity contribution in [1.29, 1.82) is 0 Å². The minimum atomic E-state index is 0.628. The van der Waals surface area contributed by atoms with Crippen LogP contribution in [0.5, 0.6) is 0 Å². The quantitative estimate of drug-likeness (QED) is 0.602. The number of fused-ring (bicyclic) bond motifs is 1. The molecule has 0 aliphatic heterocycles. The first-order valence-corrected chi connectivity index (χ1v) is 3.47. The Balaban J connectivity index is 2.93. The molecule has 2 aromatic rings. The van der Waals surface area contributed by atoms with Crippen LogP contribution < -0.4 is 5.73 Å². The fraction of sp³-hybridized carbons (Fsp3) is 0. The van der Waals surface area contributed by atoms with Gasteiger partial charge in [0.15, 0.2) is 5.65 Å². The fourth-order valence-corrected chi connectivity index (χ4v) is 1.26. The summed E-state index contributed by atoms with van der Waals surface area (Å²) in [6.07, 6.45) is 3.20. The molecule has 2 N–H and O–H groups in total. The van der Waals surface area contributed by atoms with E-state index < -0.39 is 0 Å². The number of nitrogens with two attached hydrogens (primary N) is 1. The fourth-order valence-electron chi connectivity index (χ4n) is 0.707. The second-order valence-corrected chi connectivity index (χ2v) is 2.58. The highest BCUT2D eigenvalue weighted by Crippen LogP contribution is 2.18. The van der Waals surface area contributed by atoms with Crippen molar-refractivity contribution in [2.24, 2.45) is 0 Å². The highest BCUT2D eigenvalue weighted by atomic mass is 32.1. The summed E-state index contributed by atoms with van der Waals surface area (Å²) in [6, 6.07) is 0. The lowest BCUT2D eigenvalue weighted by Crippen LogP contribution is -1.82. The molecule has 2 aromatic heterocycles. The molecule has 0 atom stereocenters. The smallest absolute Gasteiger partial charge is 0.193 e. The number of nitrogen functional groups attached to an aromatic ring is 1. The minimum Gasteiger partial charge on any atom is -0.387 e. The number of rotatable bonds is 0. The monoisotopic (exact) mass is 152 g/mol. The maximum Gasteiger partial charge on any atom is 0.193 e. The van der Waals surface area contributed by atoms with Gasteiger partial charge in [-0.25, -0.2) is 9.97 Å². The number of aromatic nitrogens is 3. The van der Waals surface area contributed by atoms with Gasteiger partial charge in [0.2, 0.25) is 0 Å². The molecule has 0 amide bonds. The summed E-state index contributed by atoms with van der Waals surface area (Å²) < 4.78 is 3.96. The van der Waals surface area contributed by atoms with Crippen LogP contribution >= 0.6 is 11.5 Å². The molecule has 0 aromatic carbocycles. The van der Waals surface area contributed by atoms with E-state index in [0.717, 1.165) is 0 Å². The van der Waals surface area contributed by atoms with Gasteiger partial charge in [-0.3, -0.25) is 0 Å². The van der Waals surface area contributed by atoms with Crippen LogP contribution in [0.25, 0.3) is 11.2 Å². The average molecular weight is 152 g/mol. The molecule has 0 spiro atoms. The van der Waals surface area contributed by atoms with Crippen molar-refractivity contribution >= 4 is 27.7 Å². The molecule has 50 valence electrons. The van der Waals surface area contributed by atoms with Gasteiger partial charge in [-0.05, 0) is 11.5 Å². The summed E-state index contributed by atoms with van der Waals surface area (Å²) in [6.45, 7) is 0. The Morgan fingerprint density at radius 1 is 1.30 bits per heavy atom. The summed E-state index contributed by atoms with van der Waals surface area (Å²) in [5.74, 6) is 0. The summed E-state index contributed by atoms with van der Waals surface area (Å²) in [5.41, 5.74) is 6.86. The van der Waals surface area contributed by atoms with E-state index in [1.54, 1.807) is 12.4 Å². The van der Waals surface area contributed by atoms with Crippen molar-refractivity contribution in [1.82, 2.24) is 14.3 Å². The molecule has 2 heterocycles. The second kappa shape index (κ2) is 1.88. The number of nitrogens with zero attached hydrogens (tertiary/aromatic N) is 3. The summed E-state index contributed by atoms with van der Waals surface area (Å²) in [4.78, 5) is 7.96. The number of hydrogen-bond acceptors (Lipinski definition) is 5. The standard InChI is InChI=1S/C5H4N4S/c6-4-3-5(9-10-4)8-2-1-7-3/h1-2H,6H2. The normalized spacial score (nSPS) is 10.4. The van der Waals surface area contributed by atoms with Crippen LogP contribution in [-0.4, -0.2) is 14.3 Å². The molecule has 2 rings (SSSR count). The predicted molar refractivity (Wildman–Crippen MR) is 39.6 cm³/mol. The van der Waals surface area contributed by atoms with Crippen LogP contribution in [0.2, 0.25) is 0 Å². The third-order valence-electron chi connectivity index (χ3n) is 1.14. The van der Waals surface area contributed by atoms with Crippen LogP contribution in [0.4, 0.5) is 5.00 Å². The van der Waals surface area contributed by atoms with Crippen LogP contribution in [-0.2, 0) is 0 Å². The summed E-state index contributed by atoms with van der Waals surface area (Å²) in [5, 5.41) is 0.628. The Bertz CT molecular complexity index is 355. The molecule has 0 aliphatic rings. The second-order valence-electron chi connectivity index (χ2n) is 1.78. The van der Waals surface area contributed by atoms with Crippen molar-refractivity contribution < 1.29 is 0 Å². The highest BCUT2D eigenvalue weighted by Gasteiger charge is 2.01. The maximum atomic E-state index is 5.53. The van der Waals surface area contributed by atoms with Gasteiger partial charge in [-0.1, -0.05) is 0 Å². The van der Waals surface area contributed by atoms with E-state index >= 15 is 0 Å². The third kappa shape index (κ3) is 0.640. The van der Waals surface area contributed by atoms with Gasteiger partial charge >= 0.3 is 0 Å². The summed E-state index contributed by atoms with van der Waals surface area (Å²) >= 11 is 1.22. The van der Waals surface area contributed by atoms with E-state index in [9.17, 15) is 0 Å². The lowest BCUT2D eigenvalue weighted by molar-refractivity contribution is 1.28. The van der Waals surface area contributed by atoms with Crippen LogP contribution in [0.3, 0.4) is 0 Å². The van der Waals surface area contributed by atoms with E-state index in [-0.39, 0.29) is 0 Å². The first-order chi connectivity index (χ1) is 4.88. The molecule has 0 saturated carbocycles. The van der Waals surface area contributed by atoms with Crippen molar-refractivity contribution in [3.8, 4) is 0 Å². The molecule has 0 fully saturated rings. The lowest BCUT2D eigenvalue weighted by atomic mass is 10.5. The Hall–Kier alpha value is -1.23. The number of hydrogen-bond donors (Lipinski definition) is 1. The molecule has 5 heteroatoms. The Kier molecular flexibility index (Phi) is 1.04.